The van der Waals surface area contributed by atoms with Crippen LogP contribution in [0.4, 0.5) is 11.4 Å². The van der Waals surface area contributed by atoms with Gasteiger partial charge in [-0.15, -0.1) is 0 Å². The Hall–Kier alpha value is -2.44. The lowest BCUT2D eigenvalue weighted by Gasteiger charge is -2.06. The first-order chi connectivity index (χ1) is 9.58. The van der Waals surface area contributed by atoms with Gasteiger partial charge in [-0.05, 0) is 25.5 Å². The van der Waals surface area contributed by atoms with E-state index in [9.17, 15) is 14.9 Å². The minimum Gasteiger partial charge on any atom is -0.461 e. The van der Waals surface area contributed by atoms with Gasteiger partial charge in [0.15, 0.2) is 0 Å². The molecule has 0 saturated carbocycles. The maximum atomic E-state index is 11.6. The summed E-state index contributed by atoms with van der Waals surface area (Å²) in [7, 11) is 0. The molecule has 0 aliphatic rings. The zero-order chi connectivity index (χ0) is 15.0. The van der Waals surface area contributed by atoms with E-state index in [2.05, 4.69) is 10.5 Å². The van der Waals surface area contributed by atoms with Crippen LogP contribution in [0.2, 0.25) is 0 Å². The van der Waals surface area contributed by atoms with Gasteiger partial charge in [-0.25, -0.2) is 4.79 Å². The number of nitrogens with zero attached hydrogens (tertiary/aromatic N) is 2. The number of hydrazone groups is 1. The molecule has 0 aliphatic heterocycles. The molecule has 1 N–H and O–H groups in total. The number of carbonyl (C=O) groups is 1. The highest BCUT2D eigenvalue weighted by Gasteiger charge is 2.11. The van der Waals surface area contributed by atoms with Crippen molar-refractivity contribution in [2.45, 2.75) is 26.7 Å². The number of benzene rings is 1. The maximum absolute atomic E-state index is 11.6. The zero-order valence-electron chi connectivity index (χ0n) is 11.5. The minimum atomic E-state index is -0.478. The second kappa shape index (κ2) is 7.88. The minimum absolute atomic E-state index is 0.00120. The summed E-state index contributed by atoms with van der Waals surface area (Å²) in [5.74, 6) is -0.455. The normalized spacial score (nSPS) is 11.0. The molecule has 0 fully saturated rings. The van der Waals surface area contributed by atoms with E-state index >= 15 is 0 Å². The summed E-state index contributed by atoms with van der Waals surface area (Å²) in [6, 6.07) is 5.77. The molecule has 1 aromatic carbocycles. The lowest BCUT2D eigenvalue weighted by Crippen LogP contribution is -2.18. The van der Waals surface area contributed by atoms with E-state index in [4.69, 9.17) is 4.74 Å². The molecule has 0 saturated heterocycles. The molecule has 0 aliphatic carbocycles. The number of carbonyl (C=O) groups excluding carboxylic acids is 1. The Morgan fingerprint density at radius 1 is 1.35 bits per heavy atom. The highest BCUT2D eigenvalue weighted by Crippen LogP contribution is 2.15. The van der Waals surface area contributed by atoms with Crippen molar-refractivity contribution in [2.75, 3.05) is 12.0 Å². The summed E-state index contributed by atoms with van der Waals surface area (Å²) in [4.78, 5) is 21.7. The fourth-order valence-corrected chi connectivity index (χ4v) is 1.44. The lowest BCUT2D eigenvalue weighted by molar-refractivity contribution is -0.384. The number of esters is 1. The molecule has 0 heterocycles. The van der Waals surface area contributed by atoms with Gasteiger partial charge in [0.25, 0.3) is 5.69 Å². The Balaban J connectivity index is 2.75. The van der Waals surface area contributed by atoms with Gasteiger partial charge < -0.3 is 4.74 Å². The summed E-state index contributed by atoms with van der Waals surface area (Å²) in [6.07, 6.45) is 1.26. The number of nitrogens with one attached hydrogen (secondary N) is 1. The highest BCUT2D eigenvalue weighted by atomic mass is 16.6. The number of nitro groups is 1. The van der Waals surface area contributed by atoms with Gasteiger partial charge in [0.1, 0.15) is 5.71 Å². The molecule has 1 rings (SSSR count). The van der Waals surface area contributed by atoms with Crippen LogP contribution in [-0.2, 0) is 9.53 Å². The predicted octanol–water partition coefficient (Wildman–Crippen LogP) is 2.73. The van der Waals surface area contributed by atoms with E-state index in [0.29, 0.717) is 24.4 Å². The number of nitro benzene ring substituents is 1. The van der Waals surface area contributed by atoms with E-state index in [1.807, 2.05) is 6.92 Å². The summed E-state index contributed by atoms with van der Waals surface area (Å²) >= 11 is 0. The molecule has 108 valence electrons. The first kappa shape index (κ1) is 15.6. The quantitative estimate of drug-likeness (QED) is 0.358. The Morgan fingerprint density at radius 2 is 2.00 bits per heavy atom. The third kappa shape index (κ3) is 4.68. The van der Waals surface area contributed by atoms with Crippen LogP contribution in [-0.4, -0.2) is 23.2 Å². The molecule has 20 heavy (non-hydrogen) atoms. The Labute approximate surface area is 116 Å². The second-order valence-electron chi connectivity index (χ2n) is 3.94. The van der Waals surface area contributed by atoms with Crippen LogP contribution < -0.4 is 5.43 Å². The summed E-state index contributed by atoms with van der Waals surface area (Å²) in [6.45, 7) is 3.95. The van der Waals surface area contributed by atoms with Crippen LogP contribution in [0.1, 0.15) is 26.7 Å². The molecule has 0 unspecified atom stereocenters. The summed E-state index contributed by atoms with van der Waals surface area (Å²) < 4.78 is 4.90. The van der Waals surface area contributed by atoms with E-state index in [-0.39, 0.29) is 5.69 Å². The zero-order valence-corrected chi connectivity index (χ0v) is 11.5. The summed E-state index contributed by atoms with van der Waals surface area (Å²) in [5.41, 5.74) is 3.56. The molecule has 0 bridgehead atoms. The first-order valence-electron chi connectivity index (χ1n) is 6.32. The van der Waals surface area contributed by atoms with Crippen LogP contribution in [0.25, 0.3) is 0 Å². The number of anilines is 1. The number of hydrogen-bond donors (Lipinski definition) is 1. The molecule has 0 atom stereocenters. The smallest absolute Gasteiger partial charge is 0.354 e. The van der Waals surface area contributed by atoms with E-state index in [1.54, 1.807) is 6.92 Å². The van der Waals surface area contributed by atoms with Gasteiger partial charge in [-0.1, -0.05) is 13.3 Å². The van der Waals surface area contributed by atoms with Gasteiger partial charge in [-0.2, -0.15) is 5.10 Å². The standard InChI is InChI=1S/C13H17N3O4/c1-3-5-12(13(17)20-4-2)15-14-10-6-8-11(9-7-10)16(18)19/h6-9,14H,3-5H2,1-2H3/b15-12-. The van der Waals surface area contributed by atoms with Crippen molar-refractivity contribution < 1.29 is 14.5 Å². The predicted molar refractivity (Wildman–Crippen MR) is 75.7 cm³/mol. The molecule has 0 amide bonds. The van der Waals surface area contributed by atoms with Crippen molar-refractivity contribution in [2.24, 2.45) is 5.10 Å². The molecule has 0 spiro atoms. The van der Waals surface area contributed by atoms with Crippen LogP contribution >= 0.6 is 0 Å². The molecule has 0 aromatic heterocycles. The van der Waals surface area contributed by atoms with E-state index in [0.717, 1.165) is 6.42 Å². The SMILES string of the molecule is CCC/C(=N/Nc1ccc([N+](=O)[O-])cc1)C(=O)OCC. The van der Waals surface area contributed by atoms with Gasteiger partial charge in [0, 0.05) is 12.1 Å². The average Bonchev–Trinajstić information content (AvgIpc) is 2.44. The van der Waals surface area contributed by atoms with Crippen molar-refractivity contribution in [3.05, 3.63) is 34.4 Å². The van der Waals surface area contributed by atoms with E-state index < -0.39 is 10.9 Å². The monoisotopic (exact) mass is 279 g/mol. The topological polar surface area (TPSA) is 93.8 Å². The van der Waals surface area contributed by atoms with Gasteiger partial charge in [0.2, 0.25) is 0 Å². The van der Waals surface area contributed by atoms with E-state index in [1.165, 1.54) is 24.3 Å². The summed E-state index contributed by atoms with van der Waals surface area (Å²) in [5, 5.41) is 14.5. The Kier molecular flexibility index (Phi) is 6.15. The molecule has 1 aromatic rings. The lowest BCUT2D eigenvalue weighted by atomic mass is 10.2. The third-order valence-corrected chi connectivity index (χ3v) is 2.40. The Morgan fingerprint density at radius 3 is 2.50 bits per heavy atom. The van der Waals surface area contributed by atoms with Crippen LogP contribution in [0.15, 0.2) is 29.4 Å². The van der Waals surface area contributed by atoms with Crippen molar-refractivity contribution in [1.29, 1.82) is 0 Å². The molecule has 0 radical (unpaired) electrons. The van der Waals surface area contributed by atoms with Gasteiger partial charge in [-0.3, -0.25) is 15.5 Å². The Bertz CT molecular complexity index is 497. The second-order valence-corrected chi connectivity index (χ2v) is 3.94. The van der Waals surface area contributed by atoms with Crippen LogP contribution in [0.3, 0.4) is 0 Å². The molecular weight excluding hydrogens is 262 g/mol. The van der Waals surface area contributed by atoms with Crippen LogP contribution in [0, 0.1) is 10.1 Å². The van der Waals surface area contributed by atoms with Crippen LogP contribution in [0.5, 0.6) is 0 Å². The third-order valence-electron chi connectivity index (χ3n) is 2.40. The van der Waals surface area contributed by atoms with Gasteiger partial charge in [0.05, 0.1) is 17.2 Å². The average molecular weight is 279 g/mol. The number of hydrogen-bond acceptors (Lipinski definition) is 6. The first-order valence-corrected chi connectivity index (χ1v) is 6.32. The van der Waals surface area contributed by atoms with Gasteiger partial charge >= 0.3 is 5.97 Å². The van der Waals surface area contributed by atoms with Crippen molar-refractivity contribution in [3.8, 4) is 0 Å². The van der Waals surface area contributed by atoms with Crippen molar-refractivity contribution >= 4 is 23.1 Å². The fraction of sp³-hybridized carbons (Fsp3) is 0.385. The number of non-ortho nitro benzene ring substituents is 1. The molecule has 7 nitrogen and oxygen atoms in total. The molecule has 7 heteroatoms. The number of rotatable bonds is 7. The number of ether oxygens (including phenoxy) is 1. The largest absolute Gasteiger partial charge is 0.461 e. The maximum Gasteiger partial charge on any atom is 0.354 e. The fourth-order valence-electron chi connectivity index (χ4n) is 1.44. The molecular formula is C13H17N3O4. The van der Waals surface area contributed by atoms with Crippen molar-refractivity contribution in [1.82, 2.24) is 0 Å². The highest BCUT2D eigenvalue weighted by molar-refractivity contribution is 6.36. The van der Waals surface area contributed by atoms with Crippen molar-refractivity contribution in [3.63, 3.8) is 0 Å².